The van der Waals surface area contributed by atoms with Crippen molar-refractivity contribution in [3.8, 4) is 0 Å². The molecule has 0 saturated carbocycles. The third-order valence-corrected chi connectivity index (χ3v) is 5.39. The van der Waals surface area contributed by atoms with Gasteiger partial charge in [-0.3, -0.25) is 0 Å². The first kappa shape index (κ1) is 18.2. The Morgan fingerprint density at radius 1 is 1.23 bits per heavy atom. The summed E-state index contributed by atoms with van der Waals surface area (Å²) < 4.78 is 38.3. The maximum absolute atomic E-state index is 13.5. The van der Waals surface area contributed by atoms with Crippen LogP contribution in [-0.4, -0.2) is 24.2 Å². The van der Waals surface area contributed by atoms with Crippen molar-refractivity contribution in [1.29, 1.82) is 0 Å². The predicted molar refractivity (Wildman–Crippen MR) is 93.2 cm³/mol. The number of nitrogens with zero attached hydrogens (tertiary/aromatic N) is 2. The molecule has 2 aromatic rings. The Kier molecular flexibility index (Phi) is 4.90. The van der Waals surface area contributed by atoms with Gasteiger partial charge in [0, 0.05) is 16.2 Å². The van der Waals surface area contributed by atoms with Gasteiger partial charge < -0.3 is 19.4 Å². The van der Waals surface area contributed by atoms with Crippen molar-refractivity contribution < 1.29 is 22.7 Å². The van der Waals surface area contributed by atoms with Gasteiger partial charge in [-0.25, -0.2) is 8.78 Å². The van der Waals surface area contributed by atoms with Gasteiger partial charge in [-0.15, -0.1) is 0 Å². The smallest absolute Gasteiger partial charge is 0.316 e. The fourth-order valence-corrected chi connectivity index (χ4v) is 3.85. The Morgan fingerprint density at radius 3 is 2.54 bits per heavy atom. The molecule has 3 rings (SSSR count). The summed E-state index contributed by atoms with van der Waals surface area (Å²) in [6.07, 6.45) is 4.16. The molecule has 0 radical (unpaired) electrons. The number of fused-ring (bicyclic) bond motifs is 1. The SMILES string of the molecule is COC1=CCC(Sc2c(C)n([O-])c3cc(F)c(F)cc3[n+]2=O)C=C1OC. The summed E-state index contributed by atoms with van der Waals surface area (Å²) in [7, 11) is 3.03. The van der Waals surface area contributed by atoms with Gasteiger partial charge in [0.1, 0.15) is 5.52 Å². The highest BCUT2D eigenvalue weighted by Gasteiger charge is 2.27. The lowest BCUT2D eigenvalue weighted by Crippen LogP contribution is -2.25. The average molecular weight is 382 g/mol. The lowest BCUT2D eigenvalue weighted by Gasteiger charge is -2.20. The highest BCUT2D eigenvalue weighted by atomic mass is 32.2. The number of halogens is 2. The standard InChI is InChI=1S/C17H16F2N2O4S/c1-9-17(26-10-4-5-15(24-2)16(6-10)25-3)21(23)14-8-12(19)11(18)7-13(14)20(9)22/h5-8,10H,4H2,1-3H3. The molecule has 1 aromatic carbocycles. The number of hydrogen-bond donors (Lipinski definition) is 0. The largest absolute Gasteiger partial charge is 0.805 e. The van der Waals surface area contributed by atoms with Crippen LogP contribution in [0.1, 0.15) is 12.1 Å². The molecule has 1 aromatic heterocycles. The van der Waals surface area contributed by atoms with E-state index < -0.39 is 11.6 Å². The fourth-order valence-electron chi connectivity index (χ4n) is 2.73. The first-order chi connectivity index (χ1) is 12.4. The second-order valence-electron chi connectivity index (χ2n) is 5.63. The van der Waals surface area contributed by atoms with E-state index in [9.17, 15) is 18.9 Å². The molecular formula is C17H16F2N2O4S. The van der Waals surface area contributed by atoms with Crippen LogP contribution < -0.4 is 4.43 Å². The van der Waals surface area contributed by atoms with E-state index in [1.54, 1.807) is 6.08 Å². The van der Waals surface area contributed by atoms with Gasteiger partial charge in [0.05, 0.1) is 30.4 Å². The minimum absolute atomic E-state index is 0.109. The lowest BCUT2D eigenvalue weighted by molar-refractivity contribution is -0.511. The van der Waals surface area contributed by atoms with E-state index in [4.69, 9.17) is 9.47 Å². The summed E-state index contributed by atoms with van der Waals surface area (Å²) in [6, 6.07) is 1.46. The van der Waals surface area contributed by atoms with Crippen LogP contribution in [0.15, 0.2) is 40.8 Å². The molecule has 138 valence electrons. The Morgan fingerprint density at radius 2 is 1.88 bits per heavy atom. The summed E-state index contributed by atoms with van der Waals surface area (Å²) in [6.45, 7) is 1.46. The molecule has 26 heavy (non-hydrogen) atoms. The van der Waals surface area contributed by atoms with Crippen LogP contribution >= 0.6 is 11.8 Å². The van der Waals surface area contributed by atoms with Gasteiger partial charge >= 0.3 is 5.03 Å². The molecule has 0 saturated heterocycles. The maximum atomic E-state index is 13.5. The second kappa shape index (κ2) is 6.99. The molecule has 1 aliphatic rings. The summed E-state index contributed by atoms with van der Waals surface area (Å²) in [5.74, 6) is -1.26. The molecule has 0 spiro atoms. The number of aromatic nitrogens is 2. The number of allylic oxidation sites excluding steroid dienone is 1. The number of rotatable bonds is 4. The molecular weight excluding hydrogens is 366 g/mol. The van der Waals surface area contributed by atoms with Gasteiger partial charge in [0.15, 0.2) is 23.2 Å². The maximum Gasteiger partial charge on any atom is 0.316 e. The van der Waals surface area contributed by atoms with Crippen LogP contribution in [0.2, 0.25) is 0 Å². The molecule has 1 atom stereocenters. The van der Waals surface area contributed by atoms with Crippen LogP contribution in [0.5, 0.6) is 0 Å². The van der Waals surface area contributed by atoms with Gasteiger partial charge in [0.2, 0.25) is 0 Å². The number of thioether (sulfide) groups is 1. The average Bonchev–Trinajstić information content (AvgIpc) is 2.64. The molecule has 1 aliphatic carbocycles. The number of ether oxygens (including phenoxy) is 2. The highest BCUT2D eigenvalue weighted by molar-refractivity contribution is 8.00. The summed E-state index contributed by atoms with van der Waals surface area (Å²) in [5, 5.41) is 12.3. The highest BCUT2D eigenvalue weighted by Crippen LogP contribution is 2.33. The van der Waals surface area contributed by atoms with Crippen LogP contribution in [0.4, 0.5) is 8.78 Å². The summed E-state index contributed by atoms with van der Waals surface area (Å²) >= 11 is 1.15. The lowest BCUT2D eigenvalue weighted by atomic mass is 10.1. The topological polar surface area (TPSA) is 69.4 Å². The van der Waals surface area contributed by atoms with Gasteiger partial charge in [-0.05, 0) is 37.3 Å². The van der Waals surface area contributed by atoms with Gasteiger partial charge in [-0.2, -0.15) is 0 Å². The zero-order chi connectivity index (χ0) is 19.0. The van der Waals surface area contributed by atoms with E-state index in [0.29, 0.717) is 27.1 Å². The second-order valence-corrected chi connectivity index (χ2v) is 6.86. The quantitative estimate of drug-likeness (QED) is 0.758. The van der Waals surface area contributed by atoms with Crippen molar-refractivity contribution in [2.45, 2.75) is 23.6 Å². The van der Waals surface area contributed by atoms with E-state index in [1.807, 2.05) is 6.08 Å². The fraction of sp³-hybridized carbons (Fsp3) is 0.294. The zero-order valence-corrected chi connectivity index (χ0v) is 15.1. The molecule has 1 heterocycles. The molecule has 0 aliphatic heterocycles. The summed E-state index contributed by atoms with van der Waals surface area (Å²) in [4.78, 5) is 12.7. The van der Waals surface area contributed by atoms with Crippen molar-refractivity contribution in [2.75, 3.05) is 14.2 Å². The Balaban J connectivity index is 2.07. The molecule has 0 fully saturated rings. The van der Waals surface area contributed by atoms with Crippen molar-refractivity contribution in [3.63, 3.8) is 0 Å². The van der Waals surface area contributed by atoms with Crippen LogP contribution in [-0.2, 0) is 9.47 Å². The number of hydrogen-bond acceptors (Lipinski definition) is 5. The van der Waals surface area contributed by atoms with Crippen molar-refractivity contribution in [3.05, 3.63) is 63.2 Å². The van der Waals surface area contributed by atoms with Crippen LogP contribution in [0.3, 0.4) is 0 Å². The third-order valence-electron chi connectivity index (χ3n) is 4.07. The Bertz CT molecular complexity index is 1000. The molecule has 0 amide bonds. The van der Waals surface area contributed by atoms with E-state index in [-0.39, 0.29) is 27.0 Å². The summed E-state index contributed by atoms with van der Waals surface area (Å²) in [5.41, 5.74) is -0.344. The minimum atomic E-state index is -1.19. The van der Waals surface area contributed by atoms with E-state index in [0.717, 1.165) is 23.9 Å². The Labute approximate surface area is 151 Å². The molecule has 0 N–H and O–H groups in total. The van der Waals surface area contributed by atoms with Gasteiger partial charge in [-0.1, -0.05) is 0 Å². The normalized spacial score (nSPS) is 17.0. The first-order valence-electron chi connectivity index (χ1n) is 7.68. The number of methoxy groups -OCH3 is 2. The van der Waals surface area contributed by atoms with Crippen molar-refractivity contribution >= 4 is 22.8 Å². The monoisotopic (exact) mass is 382 g/mol. The zero-order valence-electron chi connectivity index (χ0n) is 14.3. The van der Waals surface area contributed by atoms with Crippen LogP contribution in [0, 0.1) is 28.7 Å². The molecule has 1 unspecified atom stereocenters. The van der Waals surface area contributed by atoms with Crippen LogP contribution in [0.25, 0.3) is 11.0 Å². The van der Waals surface area contributed by atoms with E-state index in [2.05, 4.69) is 0 Å². The van der Waals surface area contributed by atoms with Crippen molar-refractivity contribution in [1.82, 2.24) is 4.73 Å². The minimum Gasteiger partial charge on any atom is -0.805 e. The van der Waals surface area contributed by atoms with Crippen molar-refractivity contribution in [2.24, 2.45) is 0 Å². The number of benzene rings is 1. The molecule has 6 nitrogen and oxygen atoms in total. The first-order valence-corrected chi connectivity index (χ1v) is 8.56. The Hall–Kier alpha value is -2.55. The molecule has 9 heteroatoms. The predicted octanol–water partition coefficient (Wildman–Crippen LogP) is 3.41. The van der Waals surface area contributed by atoms with E-state index >= 15 is 0 Å². The van der Waals surface area contributed by atoms with Gasteiger partial charge in [0.25, 0.3) is 5.52 Å². The molecule has 0 bridgehead atoms. The third kappa shape index (κ3) is 3.03. The van der Waals surface area contributed by atoms with E-state index in [1.165, 1.54) is 21.1 Å².